The van der Waals surface area contributed by atoms with E-state index in [9.17, 15) is 4.79 Å². The average Bonchev–Trinajstić information content (AvgIpc) is 2.74. The van der Waals surface area contributed by atoms with Gasteiger partial charge in [-0.25, -0.2) is 0 Å². The molecule has 0 aliphatic heterocycles. The molecule has 6 heteroatoms. The Balaban J connectivity index is 1.92. The van der Waals surface area contributed by atoms with Gasteiger partial charge in [0.05, 0.1) is 32.3 Å². The molecule has 0 spiro atoms. The third kappa shape index (κ3) is 7.04. The minimum atomic E-state index is -0.0360. The summed E-state index contributed by atoms with van der Waals surface area (Å²) < 4.78 is 16.8. The summed E-state index contributed by atoms with van der Waals surface area (Å²) in [7, 11) is 0. The summed E-state index contributed by atoms with van der Waals surface area (Å²) in [6, 6.07) is 16.9. The smallest absolute Gasteiger partial charge is 0.227 e. The van der Waals surface area contributed by atoms with Gasteiger partial charge in [-0.2, -0.15) is 5.26 Å². The van der Waals surface area contributed by atoms with E-state index in [0.29, 0.717) is 50.7 Å². The van der Waals surface area contributed by atoms with Crippen molar-refractivity contribution in [3.63, 3.8) is 0 Å². The SMILES string of the molecule is CCOc1ccc(N(CCC#N)C(=O)CCCOc2ccccc2OCC)cc1. The van der Waals surface area contributed by atoms with Crippen LogP contribution < -0.4 is 19.1 Å². The number of benzene rings is 2. The van der Waals surface area contributed by atoms with E-state index in [1.807, 2.05) is 62.4 Å². The molecule has 2 rings (SSSR count). The first kappa shape index (κ1) is 22.1. The molecule has 0 fully saturated rings. The van der Waals surface area contributed by atoms with Crippen molar-refractivity contribution in [3.05, 3.63) is 48.5 Å². The fourth-order valence-electron chi connectivity index (χ4n) is 2.83. The van der Waals surface area contributed by atoms with Crippen LogP contribution in [0.15, 0.2) is 48.5 Å². The zero-order chi connectivity index (χ0) is 20.9. The molecule has 0 unspecified atom stereocenters. The molecule has 29 heavy (non-hydrogen) atoms. The van der Waals surface area contributed by atoms with Gasteiger partial charge in [0.25, 0.3) is 0 Å². The molecular weight excluding hydrogens is 368 g/mol. The highest BCUT2D eigenvalue weighted by Gasteiger charge is 2.15. The summed E-state index contributed by atoms with van der Waals surface area (Å²) in [5.74, 6) is 2.09. The molecule has 0 N–H and O–H groups in total. The molecule has 0 saturated carbocycles. The summed E-state index contributed by atoms with van der Waals surface area (Å²) in [5.41, 5.74) is 0.760. The Hall–Kier alpha value is -3.20. The molecule has 154 valence electrons. The number of carbonyl (C=O) groups is 1. The second-order valence-electron chi connectivity index (χ2n) is 6.21. The van der Waals surface area contributed by atoms with Crippen molar-refractivity contribution in [2.45, 2.75) is 33.1 Å². The van der Waals surface area contributed by atoms with Crippen molar-refractivity contribution < 1.29 is 19.0 Å². The number of anilines is 1. The molecule has 0 saturated heterocycles. The lowest BCUT2D eigenvalue weighted by molar-refractivity contribution is -0.118. The van der Waals surface area contributed by atoms with Crippen molar-refractivity contribution >= 4 is 11.6 Å². The molecule has 2 aromatic rings. The molecule has 0 aromatic heterocycles. The van der Waals surface area contributed by atoms with Gasteiger partial charge in [-0.1, -0.05) is 12.1 Å². The molecule has 1 amide bonds. The first-order valence-corrected chi connectivity index (χ1v) is 9.94. The number of nitriles is 1. The molecule has 0 bridgehead atoms. The summed E-state index contributed by atoms with van der Waals surface area (Å²) in [6.07, 6.45) is 1.17. The van der Waals surface area contributed by atoms with E-state index in [1.54, 1.807) is 4.90 Å². The van der Waals surface area contributed by atoms with Gasteiger partial charge in [0, 0.05) is 18.7 Å². The fraction of sp³-hybridized carbons (Fsp3) is 0.391. The van der Waals surface area contributed by atoms with E-state index in [4.69, 9.17) is 19.5 Å². The second-order valence-corrected chi connectivity index (χ2v) is 6.21. The summed E-state index contributed by atoms with van der Waals surface area (Å²) in [5, 5.41) is 8.93. The van der Waals surface area contributed by atoms with Gasteiger partial charge in [-0.05, 0) is 56.7 Å². The molecule has 0 atom stereocenters. The first-order chi connectivity index (χ1) is 14.2. The predicted octanol–water partition coefficient (Wildman–Crippen LogP) is 4.59. The summed E-state index contributed by atoms with van der Waals surface area (Å²) in [6.45, 7) is 5.76. The predicted molar refractivity (Wildman–Crippen MR) is 113 cm³/mol. The Bertz CT molecular complexity index is 799. The largest absolute Gasteiger partial charge is 0.494 e. The van der Waals surface area contributed by atoms with Gasteiger partial charge in [-0.3, -0.25) is 4.79 Å². The van der Waals surface area contributed by atoms with Crippen LogP contribution in [-0.4, -0.2) is 32.3 Å². The molecule has 0 aliphatic carbocycles. The highest BCUT2D eigenvalue weighted by atomic mass is 16.5. The van der Waals surface area contributed by atoms with Crippen molar-refractivity contribution in [1.29, 1.82) is 5.26 Å². The van der Waals surface area contributed by atoms with Crippen molar-refractivity contribution in [2.24, 2.45) is 0 Å². The van der Waals surface area contributed by atoms with Gasteiger partial charge in [0.1, 0.15) is 5.75 Å². The van der Waals surface area contributed by atoms with Crippen LogP contribution >= 0.6 is 0 Å². The number of amides is 1. The Labute approximate surface area is 172 Å². The number of hydrogen-bond donors (Lipinski definition) is 0. The quantitative estimate of drug-likeness (QED) is 0.491. The number of hydrogen-bond acceptors (Lipinski definition) is 5. The minimum absolute atomic E-state index is 0.0360. The maximum Gasteiger partial charge on any atom is 0.227 e. The van der Waals surface area contributed by atoms with E-state index in [0.717, 1.165) is 11.4 Å². The molecule has 6 nitrogen and oxygen atoms in total. The maximum atomic E-state index is 12.7. The monoisotopic (exact) mass is 396 g/mol. The third-order valence-corrected chi connectivity index (χ3v) is 4.15. The van der Waals surface area contributed by atoms with Crippen LogP contribution in [0.1, 0.15) is 33.1 Å². The minimum Gasteiger partial charge on any atom is -0.494 e. The maximum absolute atomic E-state index is 12.7. The van der Waals surface area contributed by atoms with Crippen LogP contribution in [0.4, 0.5) is 5.69 Å². The first-order valence-electron chi connectivity index (χ1n) is 9.94. The van der Waals surface area contributed by atoms with Gasteiger partial charge in [0.2, 0.25) is 5.91 Å². The average molecular weight is 396 g/mol. The number of nitrogens with zero attached hydrogens (tertiary/aromatic N) is 2. The van der Waals surface area contributed by atoms with E-state index < -0.39 is 0 Å². The number of ether oxygens (including phenoxy) is 3. The molecule has 0 aliphatic rings. The van der Waals surface area contributed by atoms with Gasteiger partial charge < -0.3 is 19.1 Å². The fourth-order valence-corrected chi connectivity index (χ4v) is 2.83. The summed E-state index contributed by atoms with van der Waals surface area (Å²) in [4.78, 5) is 14.4. The lowest BCUT2D eigenvalue weighted by Gasteiger charge is -2.22. The van der Waals surface area contributed by atoms with E-state index in [1.165, 1.54) is 0 Å². The zero-order valence-electron chi connectivity index (χ0n) is 17.1. The topological polar surface area (TPSA) is 71.8 Å². The van der Waals surface area contributed by atoms with Crippen LogP contribution in [0.5, 0.6) is 17.2 Å². The van der Waals surface area contributed by atoms with Crippen LogP contribution in [0.25, 0.3) is 0 Å². The molecular formula is C23H28N2O4. The molecule has 0 heterocycles. The number of carbonyl (C=O) groups excluding carboxylic acids is 1. The highest BCUT2D eigenvalue weighted by molar-refractivity contribution is 5.93. The van der Waals surface area contributed by atoms with Crippen molar-refractivity contribution in [1.82, 2.24) is 0 Å². The highest BCUT2D eigenvalue weighted by Crippen LogP contribution is 2.26. The Morgan fingerprint density at radius 2 is 1.62 bits per heavy atom. The Kier molecular flexibility index (Phi) is 9.37. The standard InChI is InChI=1S/C23H28N2O4/c1-3-27-20-14-12-19(13-15-20)25(17-8-16-24)23(26)11-7-18-29-22-10-6-5-9-21(22)28-4-2/h5-6,9-10,12-15H,3-4,7-8,11,17-18H2,1-2H3. The van der Waals surface area contributed by atoms with E-state index >= 15 is 0 Å². The van der Waals surface area contributed by atoms with E-state index in [-0.39, 0.29) is 12.3 Å². The number of para-hydroxylation sites is 2. The van der Waals surface area contributed by atoms with Crippen LogP contribution in [-0.2, 0) is 4.79 Å². The van der Waals surface area contributed by atoms with Crippen LogP contribution in [0, 0.1) is 11.3 Å². The Morgan fingerprint density at radius 3 is 2.24 bits per heavy atom. The molecule has 0 radical (unpaired) electrons. The summed E-state index contributed by atoms with van der Waals surface area (Å²) >= 11 is 0. The third-order valence-electron chi connectivity index (χ3n) is 4.15. The van der Waals surface area contributed by atoms with Gasteiger partial charge >= 0.3 is 0 Å². The van der Waals surface area contributed by atoms with Gasteiger partial charge in [0.15, 0.2) is 11.5 Å². The zero-order valence-corrected chi connectivity index (χ0v) is 17.1. The molecule has 2 aromatic carbocycles. The second kappa shape index (κ2) is 12.3. The van der Waals surface area contributed by atoms with Crippen molar-refractivity contribution in [2.75, 3.05) is 31.3 Å². The number of rotatable bonds is 12. The normalized spacial score (nSPS) is 10.1. The van der Waals surface area contributed by atoms with Crippen LogP contribution in [0.3, 0.4) is 0 Å². The van der Waals surface area contributed by atoms with Crippen LogP contribution in [0.2, 0.25) is 0 Å². The Morgan fingerprint density at radius 1 is 0.966 bits per heavy atom. The lowest BCUT2D eigenvalue weighted by Crippen LogP contribution is -2.31. The van der Waals surface area contributed by atoms with E-state index in [2.05, 4.69) is 6.07 Å². The van der Waals surface area contributed by atoms with Gasteiger partial charge in [-0.15, -0.1) is 0 Å². The van der Waals surface area contributed by atoms with Crippen molar-refractivity contribution in [3.8, 4) is 23.3 Å². The lowest BCUT2D eigenvalue weighted by atomic mass is 10.2.